The van der Waals surface area contributed by atoms with E-state index in [0.717, 1.165) is 0 Å². The zero-order chi connectivity index (χ0) is 8.58. The van der Waals surface area contributed by atoms with Crippen molar-refractivity contribution in [3.05, 3.63) is 0 Å². The molecule has 0 aromatic heterocycles. The number of hydrogen-bond donors (Lipinski definition) is 1. The van der Waals surface area contributed by atoms with E-state index in [-0.39, 0.29) is 0 Å². The van der Waals surface area contributed by atoms with Crippen LogP contribution >= 0.6 is 15.9 Å². The molecule has 0 fully saturated rings. The Hall–Kier alpha value is 0.230. The highest BCUT2D eigenvalue weighted by Crippen LogP contribution is 2.32. The van der Waals surface area contributed by atoms with Crippen LogP contribution in [0.3, 0.4) is 0 Å². The predicted octanol–water partition coefficient (Wildman–Crippen LogP) is 2.08. The van der Waals surface area contributed by atoms with Crippen LogP contribution in [0.15, 0.2) is 0 Å². The molecule has 1 N–H and O–H groups in total. The van der Waals surface area contributed by atoms with Gasteiger partial charge in [-0.25, -0.2) is 0 Å². The van der Waals surface area contributed by atoms with Crippen molar-refractivity contribution in [2.45, 2.75) is 30.5 Å². The molecule has 1 unspecified atom stereocenters. The minimum Gasteiger partial charge on any atom is -0.382 e. The molecule has 0 aliphatic carbocycles. The Morgan fingerprint density at radius 2 is 1.60 bits per heavy atom. The van der Waals surface area contributed by atoms with Crippen molar-refractivity contribution in [3.8, 4) is 0 Å². The first-order chi connectivity index (χ1) is 4.15. The van der Waals surface area contributed by atoms with Gasteiger partial charge in [0.2, 0.25) is 0 Å². The molecule has 0 saturated heterocycles. The second kappa shape index (κ2) is 2.70. The maximum Gasteiger partial charge on any atom is 0.415 e. The van der Waals surface area contributed by atoms with Crippen molar-refractivity contribution in [2.75, 3.05) is 0 Å². The summed E-state index contributed by atoms with van der Waals surface area (Å²) in [6, 6.07) is 0. The lowest BCUT2D eigenvalue weighted by Gasteiger charge is -2.25. The first kappa shape index (κ1) is 10.2. The normalized spacial score (nSPS) is 17.1. The molecule has 0 rings (SSSR count). The largest absolute Gasteiger partial charge is 0.415 e. The third kappa shape index (κ3) is 2.88. The van der Waals surface area contributed by atoms with Crippen molar-refractivity contribution >= 4 is 15.9 Å². The Kier molecular flexibility index (Phi) is 2.76. The van der Waals surface area contributed by atoms with Crippen LogP contribution in [0.4, 0.5) is 13.2 Å². The van der Waals surface area contributed by atoms with E-state index in [2.05, 4.69) is 15.9 Å². The SMILES string of the molecule is CC(C)(Br)C(O)C(F)(F)F. The smallest absolute Gasteiger partial charge is 0.382 e. The van der Waals surface area contributed by atoms with Gasteiger partial charge in [0.05, 0.1) is 4.32 Å². The molecule has 0 radical (unpaired) electrons. The lowest BCUT2D eigenvalue weighted by molar-refractivity contribution is -0.210. The van der Waals surface area contributed by atoms with Gasteiger partial charge in [0.15, 0.2) is 6.10 Å². The molecule has 0 spiro atoms. The summed E-state index contributed by atoms with van der Waals surface area (Å²) in [5.41, 5.74) is 0. The van der Waals surface area contributed by atoms with Gasteiger partial charge in [-0.2, -0.15) is 13.2 Å². The van der Waals surface area contributed by atoms with E-state index in [1.54, 1.807) is 0 Å². The van der Waals surface area contributed by atoms with Crippen LogP contribution in [-0.2, 0) is 0 Å². The lowest BCUT2D eigenvalue weighted by atomic mass is 10.1. The number of hydrogen-bond acceptors (Lipinski definition) is 1. The zero-order valence-corrected chi connectivity index (χ0v) is 7.12. The average molecular weight is 221 g/mol. The van der Waals surface area contributed by atoms with Crippen LogP contribution in [0, 0.1) is 0 Å². The van der Waals surface area contributed by atoms with Gasteiger partial charge < -0.3 is 5.11 Å². The van der Waals surface area contributed by atoms with Crippen LogP contribution in [0.1, 0.15) is 13.8 Å². The minimum absolute atomic E-state index is 1.26. The van der Waals surface area contributed by atoms with E-state index < -0.39 is 16.6 Å². The molecule has 62 valence electrons. The quantitative estimate of drug-likeness (QED) is 0.672. The molecule has 0 bridgehead atoms. The molecular weight excluding hydrogens is 213 g/mol. The molecule has 1 nitrogen and oxygen atoms in total. The van der Waals surface area contributed by atoms with Gasteiger partial charge in [0.25, 0.3) is 0 Å². The molecule has 10 heavy (non-hydrogen) atoms. The minimum atomic E-state index is -4.55. The maximum absolute atomic E-state index is 11.7. The van der Waals surface area contributed by atoms with E-state index in [0.29, 0.717) is 0 Å². The molecule has 0 aliphatic heterocycles. The van der Waals surface area contributed by atoms with E-state index in [1.807, 2.05) is 0 Å². The summed E-state index contributed by atoms with van der Waals surface area (Å²) in [4.78, 5) is 0. The van der Waals surface area contributed by atoms with Crippen LogP contribution in [0.25, 0.3) is 0 Å². The third-order valence-electron chi connectivity index (χ3n) is 0.960. The third-order valence-corrected chi connectivity index (χ3v) is 1.39. The fraction of sp³-hybridized carbons (Fsp3) is 1.00. The molecule has 0 heterocycles. The molecular formula is C5H8BrF3O. The molecule has 0 saturated carbocycles. The van der Waals surface area contributed by atoms with Crippen molar-refractivity contribution in [2.24, 2.45) is 0 Å². The number of halogens is 4. The second-order valence-corrected chi connectivity index (χ2v) is 4.55. The Morgan fingerprint density at radius 1 is 1.30 bits per heavy atom. The standard InChI is InChI=1S/C5H8BrF3O/c1-4(2,6)3(10)5(7,8)9/h3,10H,1-2H3. The highest BCUT2D eigenvalue weighted by atomic mass is 79.9. The van der Waals surface area contributed by atoms with Gasteiger partial charge >= 0.3 is 6.18 Å². The Morgan fingerprint density at radius 3 is 1.60 bits per heavy atom. The number of alkyl halides is 4. The first-order valence-electron chi connectivity index (χ1n) is 2.59. The number of aliphatic hydroxyl groups excluding tert-OH is 1. The summed E-state index contributed by atoms with van der Waals surface area (Å²) in [6.45, 7) is 2.51. The number of rotatable bonds is 1. The van der Waals surface area contributed by atoms with E-state index in [1.165, 1.54) is 13.8 Å². The van der Waals surface area contributed by atoms with E-state index in [9.17, 15) is 13.2 Å². The van der Waals surface area contributed by atoms with Gasteiger partial charge in [-0.1, -0.05) is 15.9 Å². The van der Waals surface area contributed by atoms with Crippen molar-refractivity contribution in [1.29, 1.82) is 0 Å². The summed E-state index contributed by atoms with van der Waals surface area (Å²) < 4.78 is 33.7. The van der Waals surface area contributed by atoms with Gasteiger partial charge in [0.1, 0.15) is 0 Å². The summed E-state index contributed by atoms with van der Waals surface area (Å²) in [6.07, 6.45) is -6.87. The van der Waals surface area contributed by atoms with Crippen molar-refractivity contribution in [3.63, 3.8) is 0 Å². The van der Waals surface area contributed by atoms with E-state index in [4.69, 9.17) is 5.11 Å². The van der Waals surface area contributed by atoms with Crippen molar-refractivity contribution < 1.29 is 18.3 Å². The monoisotopic (exact) mass is 220 g/mol. The topological polar surface area (TPSA) is 20.2 Å². The van der Waals surface area contributed by atoms with Crippen LogP contribution < -0.4 is 0 Å². The fourth-order valence-electron chi connectivity index (χ4n) is 0.389. The molecule has 0 aliphatic rings. The van der Waals surface area contributed by atoms with Gasteiger partial charge in [-0.3, -0.25) is 0 Å². The van der Waals surface area contributed by atoms with Crippen LogP contribution in [-0.4, -0.2) is 21.7 Å². The molecule has 0 aromatic carbocycles. The molecule has 5 heteroatoms. The Balaban J connectivity index is 4.23. The molecule has 1 atom stereocenters. The van der Waals surface area contributed by atoms with Crippen LogP contribution in [0.2, 0.25) is 0 Å². The Labute approximate surface area is 65.4 Å². The van der Waals surface area contributed by atoms with Gasteiger partial charge in [0, 0.05) is 0 Å². The van der Waals surface area contributed by atoms with Crippen molar-refractivity contribution in [1.82, 2.24) is 0 Å². The number of aliphatic hydroxyl groups is 1. The summed E-state index contributed by atoms with van der Waals surface area (Å²) in [5, 5.41) is 8.55. The molecule has 0 aromatic rings. The van der Waals surface area contributed by atoms with Crippen LogP contribution in [0.5, 0.6) is 0 Å². The van der Waals surface area contributed by atoms with E-state index >= 15 is 0 Å². The lowest BCUT2D eigenvalue weighted by Crippen LogP contribution is -2.42. The summed E-state index contributed by atoms with van der Waals surface area (Å²) in [7, 11) is 0. The highest BCUT2D eigenvalue weighted by molar-refractivity contribution is 9.10. The second-order valence-electron chi connectivity index (χ2n) is 2.51. The molecule has 0 amide bonds. The first-order valence-corrected chi connectivity index (χ1v) is 3.38. The predicted molar refractivity (Wildman–Crippen MR) is 35.1 cm³/mol. The summed E-state index contributed by atoms with van der Waals surface area (Å²) in [5.74, 6) is 0. The average Bonchev–Trinajstić information content (AvgIpc) is 1.59. The zero-order valence-electron chi connectivity index (χ0n) is 5.54. The van der Waals surface area contributed by atoms with Gasteiger partial charge in [-0.05, 0) is 13.8 Å². The highest BCUT2D eigenvalue weighted by Gasteiger charge is 2.46. The summed E-state index contributed by atoms with van der Waals surface area (Å²) >= 11 is 2.71. The van der Waals surface area contributed by atoms with Gasteiger partial charge in [-0.15, -0.1) is 0 Å². The fourth-order valence-corrected chi connectivity index (χ4v) is 0.649. The Bertz CT molecular complexity index is 101. The maximum atomic E-state index is 11.7.